The van der Waals surface area contributed by atoms with E-state index in [1.54, 1.807) is 42.5 Å². The molecule has 1 saturated carbocycles. The summed E-state index contributed by atoms with van der Waals surface area (Å²) in [5, 5.41) is 14.9. The first-order chi connectivity index (χ1) is 12.5. The van der Waals surface area contributed by atoms with Crippen LogP contribution in [0.2, 0.25) is 0 Å². The van der Waals surface area contributed by atoms with Crippen molar-refractivity contribution in [2.75, 3.05) is 5.32 Å². The molecule has 6 nitrogen and oxygen atoms in total. The van der Waals surface area contributed by atoms with Gasteiger partial charge in [-0.1, -0.05) is 30.3 Å². The standard InChI is InChI=1S/C20H20N2O4/c23-18(12-9-13-5-1-2-6-15(13)20(25)26)22-17-8-4-3-7-16(17)19(24)21-14-10-11-14/h1-8,14H,9-12H2,(H,21,24)(H,22,23)(H,25,26). The summed E-state index contributed by atoms with van der Waals surface area (Å²) in [6.45, 7) is 0. The van der Waals surface area contributed by atoms with Crippen LogP contribution in [-0.4, -0.2) is 28.9 Å². The van der Waals surface area contributed by atoms with Gasteiger partial charge in [0.15, 0.2) is 0 Å². The second kappa shape index (κ2) is 7.82. The van der Waals surface area contributed by atoms with Crippen molar-refractivity contribution in [1.29, 1.82) is 0 Å². The van der Waals surface area contributed by atoms with E-state index in [0.717, 1.165) is 12.8 Å². The highest BCUT2D eigenvalue weighted by Crippen LogP contribution is 2.22. The fourth-order valence-electron chi connectivity index (χ4n) is 2.69. The van der Waals surface area contributed by atoms with Gasteiger partial charge >= 0.3 is 5.97 Å². The van der Waals surface area contributed by atoms with E-state index in [-0.39, 0.29) is 29.8 Å². The zero-order chi connectivity index (χ0) is 18.5. The largest absolute Gasteiger partial charge is 0.478 e. The molecule has 2 aromatic carbocycles. The number of aryl methyl sites for hydroxylation is 1. The number of nitrogens with one attached hydrogen (secondary N) is 2. The van der Waals surface area contributed by atoms with Crippen molar-refractivity contribution in [1.82, 2.24) is 5.32 Å². The Kier molecular flexibility index (Phi) is 5.31. The number of carbonyl (C=O) groups excluding carboxylic acids is 2. The summed E-state index contributed by atoms with van der Waals surface area (Å²) in [6, 6.07) is 13.7. The summed E-state index contributed by atoms with van der Waals surface area (Å²) < 4.78 is 0. The number of carbonyl (C=O) groups is 3. The van der Waals surface area contributed by atoms with E-state index in [0.29, 0.717) is 23.2 Å². The molecule has 3 N–H and O–H groups in total. The molecule has 0 unspecified atom stereocenters. The lowest BCUT2D eigenvalue weighted by Gasteiger charge is -2.11. The summed E-state index contributed by atoms with van der Waals surface area (Å²) in [5.41, 5.74) is 1.69. The lowest BCUT2D eigenvalue weighted by atomic mass is 10.0. The topological polar surface area (TPSA) is 95.5 Å². The molecule has 0 radical (unpaired) electrons. The molecular formula is C20H20N2O4. The molecule has 0 spiro atoms. The minimum Gasteiger partial charge on any atom is -0.478 e. The fraction of sp³-hybridized carbons (Fsp3) is 0.250. The van der Waals surface area contributed by atoms with Gasteiger partial charge in [0.1, 0.15) is 0 Å². The number of anilines is 1. The number of benzene rings is 2. The second-order valence-electron chi connectivity index (χ2n) is 6.30. The molecule has 1 aliphatic carbocycles. The van der Waals surface area contributed by atoms with Crippen molar-refractivity contribution in [3.8, 4) is 0 Å². The predicted molar refractivity (Wildman–Crippen MR) is 97.3 cm³/mol. The Morgan fingerprint density at radius 1 is 0.962 bits per heavy atom. The summed E-state index contributed by atoms with van der Waals surface area (Å²) in [4.78, 5) is 35.8. The smallest absolute Gasteiger partial charge is 0.335 e. The monoisotopic (exact) mass is 352 g/mol. The van der Waals surface area contributed by atoms with Crippen LogP contribution in [0, 0.1) is 0 Å². The molecule has 26 heavy (non-hydrogen) atoms. The molecule has 1 aliphatic rings. The van der Waals surface area contributed by atoms with Crippen molar-refractivity contribution < 1.29 is 19.5 Å². The number of aromatic carboxylic acids is 1. The van der Waals surface area contributed by atoms with Crippen LogP contribution in [0.5, 0.6) is 0 Å². The van der Waals surface area contributed by atoms with Crippen molar-refractivity contribution in [3.63, 3.8) is 0 Å². The highest BCUT2D eigenvalue weighted by atomic mass is 16.4. The van der Waals surface area contributed by atoms with E-state index in [1.165, 1.54) is 6.07 Å². The normalized spacial score (nSPS) is 13.1. The van der Waals surface area contributed by atoms with Gasteiger partial charge in [0.2, 0.25) is 5.91 Å². The second-order valence-corrected chi connectivity index (χ2v) is 6.30. The molecule has 0 saturated heterocycles. The number of carboxylic acids is 1. The molecule has 3 rings (SSSR count). The van der Waals surface area contributed by atoms with Crippen LogP contribution in [0.4, 0.5) is 5.69 Å². The van der Waals surface area contributed by atoms with Crippen LogP contribution in [-0.2, 0) is 11.2 Å². The Balaban J connectivity index is 1.64. The number of carboxylic acid groups (broad SMARTS) is 1. The van der Waals surface area contributed by atoms with Gasteiger partial charge in [-0.05, 0) is 43.0 Å². The third-order valence-electron chi connectivity index (χ3n) is 4.23. The Hall–Kier alpha value is -3.15. The van der Waals surface area contributed by atoms with Gasteiger partial charge in [0.05, 0.1) is 16.8 Å². The number of hydrogen-bond acceptors (Lipinski definition) is 3. The van der Waals surface area contributed by atoms with Crippen LogP contribution >= 0.6 is 0 Å². The van der Waals surface area contributed by atoms with Crippen LogP contribution < -0.4 is 10.6 Å². The van der Waals surface area contributed by atoms with E-state index in [4.69, 9.17) is 0 Å². The SMILES string of the molecule is O=C(CCc1ccccc1C(=O)O)Nc1ccccc1C(=O)NC1CC1. The first kappa shape index (κ1) is 17.7. The van der Waals surface area contributed by atoms with E-state index in [2.05, 4.69) is 10.6 Å². The summed E-state index contributed by atoms with van der Waals surface area (Å²) in [7, 11) is 0. The average molecular weight is 352 g/mol. The maximum absolute atomic E-state index is 12.3. The van der Waals surface area contributed by atoms with Crippen LogP contribution in [0.25, 0.3) is 0 Å². The molecular weight excluding hydrogens is 332 g/mol. The Bertz CT molecular complexity index is 843. The fourth-order valence-corrected chi connectivity index (χ4v) is 2.69. The van der Waals surface area contributed by atoms with Crippen molar-refractivity contribution >= 4 is 23.5 Å². The highest BCUT2D eigenvalue weighted by Gasteiger charge is 2.25. The Morgan fingerprint density at radius 3 is 2.31 bits per heavy atom. The quantitative estimate of drug-likeness (QED) is 0.714. The van der Waals surface area contributed by atoms with Gasteiger partial charge in [0.25, 0.3) is 5.91 Å². The first-order valence-electron chi connectivity index (χ1n) is 8.55. The summed E-state index contributed by atoms with van der Waals surface area (Å²) in [5.74, 6) is -1.47. The third-order valence-corrected chi connectivity index (χ3v) is 4.23. The van der Waals surface area contributed by atoms with E-state index < -0.39 is 5.97 Å². The molecule has 0 aliphatic heterocycles. The van der Waals surface area contributed by atoms with Gasteiger partial charge in [-0.2, -0.15) is 0 Å². The zero-order valence-corrected chi connectivity index (χ0v) is 14.2. The molecule has 0 bridgehead atoms. The summed E-state index contributed by atoms with van der Waals surface area (Å²) in [6.07, 6.45) is 2.42. The van der Waals surface area contributed by atoms with Crippen molar-refractivity contribution in [2.24, 2.45) is 0 Å². The molecule has 0 atom stereocenters. The van der Waals surface area contributed by atoms with Crippen LogP contribution in [0.15, 0.2) is 48.5 Å². The summed E-state index contributed by atoms with van der Waals surface area (Å²) >= 11 is 0. The molecule has 0 aromatic heterocycles. The first-order valence-corrected chi connectivity index (χ1v) is 8.55. The Labute approximate surface area is 151 Å². The molecule has 6 heteroatoms. The molecule has 2 amide bonds. The molecule has 134 valence electrons. The Morgan fingerprint density at radius 2 is 1.62 bits per heavy atom. The average Bonchev–Trinajstić information content (AvgIpc) is 3.44. The molecule has 2 aromatic rings. The minimum atomic E-state index is -1.01. The van der Waals surface area contributed by atoms with Gasteiger partial charge in [0, 0.05) is 12.5 Å². The third kappa shape index (κ3) is 4.47. The predicted octanol–water partition coefficient (Wildman–Crippen LogP) is 2.85. The minimum absolute atomic E-state index is 0.128. The highest BCUT2D eigenvalue weighted by molar-refractivity contribution is 6.04. The van der Waals surface area contributed by atoms with Gasteiger partial charge in [-0.15, -0.1) is 0 Å². The number of rotatable bonds is 7. The van der Waals surface area contributed by atoms with Crippen molar-refractivity contribution in [2.45, 2.75) is 31.7 Å². The van der Waals surface area contributed by atoms with E-state index >= 15 is 0 Å². The van der Waals surface area contributed by atoms with E-state index in [9.17, 15) is 19.5 Å². The van der Waals surface area contributed by atoms with Gasteiger partial charge in [-0.3, -0.25) is 9.59 Å². The lowest BCUT2D eigenvalue weighted by molar-refractivity contribution is -0.116. The molecule has 1 fully saturated rings. The van der Waals surface area contributed by atoms with Crippen LogP contribution in [0.3, 0.4) is 0 Å². The number of hydrogen-bond donors (Lipinski definition) is 3. The lowest BCUT2D eigenvalue weighted by Crippen LogP contribution is -2.27. The van der Waals surface area contributed by atoms with Gasteiger partial charge in [-0.25, -0.2) is 4.79 Å². The zero-order valence-electron chi connectivity index (χ0n) is 14.2. The van der Waals surface area contributed by atoms with Crippen LogP contribution in [0.1, 0.15) is 45.5 Å². The number of amides is 2. The van der Waals surface area contributed by atoms with E-state index in [1.807, 2.05) is 0 Å². The maximum Gasteiger partial charge on any atom is 0.335 e. The number of para-hydroxylation sites is 1. The maximum atomic E-state index is 12.3. The van der Waals surface area contributed by atoms with Gasteiger partial charge < -0.3 is 15.7 Å². The molecule has 0 heterocycles. The van der Waals surface area contributed by atoms with Crippen molar-refractivity contribution in [3.05, 3.63) is 65.2 Å².